The van der Waals surface area contributed by atoms with Crippen LogP contribution in [-0.2, 0) is 7.05 Å². The number of para-hydroxylation sites is 1. The van der Waals surface area contributed by atoms with E-state index in [9.17, 15) is 0 Å². The minimum atomic E-state index is 1.28. The number of hydrogen-bond acceptors (Lipinski definition) is 0. The largest absolute Gasteiger partial charge is 0.343 e. The summed E-state index contributed by atoms with van der Waals surface area (Å²) in [5, 5.41) is 7.96. The molecule has 0 spiro atoms. The van der Waals surface area contributed by atoms with Crippen LogP contribution in [0.1, 0.15) is 0 Å². The molecule has 0 atom stereocenters. The standard InChI is InChI=1S/C21H14IN/c1-23-20-5-3-2-4-17(20)19-11-10-16-15-9-7-14(22)12-13(15)6-8-18(16)21(19)23/h2-12H,1H3. The maximum absolute atomic E-state index is 2.38. The minimum Gasteiger partial charge on any atom is -0.343 e. The van der Waals surface area contributed by atoms with Gasteiger partial charge in [0.15, 0.2) is 0 Å². The van der Waals surface area contributed by atoms with Crippen molar-refractivity contribution in [2.24, 2.45) is 7.05 Å². The molecule has 0 radical (unpaired) electrons. The van der Waals surface area contributed by atoms with Crippen molar-refractivity contribution in [1.82, 2.24) is 4.57 Å². The molecule has 1 nitrogen and oxygen atoms in total. The zero-order valence-corrected chi connectivity index (χ0v) is 14.8. The average molecular weight is 407 g/mol. The van der Waals surface area contributed by atoms with Crippen LogP contribution >= 0.6 is 22.6 Å². The second kappa shape index (κ2) is 4.71. The molecular weight excluding hydrogens is 393 g/mol. The number of benzene rings is 4. The Kier molecular flexibility index (Phi) is 2.74. The van der Waals surface area contributed by atoms with E-state index in [-0.39, 0.29) is 0 Å². The second-order valence-corrected chi connectivity index (χ2v) is 7.31. The van der Waals surface area contributed by atoms with E-state index in [0.29, 0.717) is 0 Å². The summed E-state index contributed by atoms with van der Waals surface area (Å²) in [6.45, 7) is 0. The summed E-state index contributed by atoms with van der Waals surface area (Å²) in [5.74, 6) is 0. The molecule has 0 aliphatic heterocycles. The predicted octanol–water partition coefficient (Wildman–Crippen LogP) is 6.24. The predicted molar refractivity (Wildman–Crippen MR) is 108 cm³/mol. The molecular formula is C21H14IN. The number of halogens is 1. The summed E-state index contributed by atoms with van der Waals surface area (Å²) in [7, 11) is 2.17. The maximum Gasteiger partial charge on any atom is 0.0568 e. The van der Waals surface area contributed by atoms with Crippen LogP contribution in [0.3, 0.4) is 0 Å². The molecule has 5 aromatic rings. The summed E-state index contributed by atoms with van der Waals surface area (Å²) in [4.78, 5) is 0. The van der Waals surface area contributed by atoms with Crippen molar-refractivity contribution < 1.29 is 0 Å². The Morgan fingerprint density at radius 3 is 2.30 bits per heavy atom. The lowest BCUT2D eigenvalue weighted by molar-refractivity contribution is 1.02. The van der Waals surface area contributed by atoms with Gasteiger partial charge in [-0.1, -0.05) is 48.5 Å². The highest BCUT2D eigenvalue weighted by Crippen LogP contribution is 2.36. The van der Waals surface area contributed by atoms with Gasteiger partial charge in [-0.25, -0.2) is 0 Å². The average Bonchev–Trinajstić information content (AvgIpc) is 2.88. The number of aromatic nitrogens is 1. The molecule has 0 saturated heterocycles. The van der Waals surface area contributed by atoms with Crippen molar-refractivity contribution in [3.05, 3.63) is 70.3 Å². The zero-order valence-electron chi connectivity index (χ0n) is 12.7. The van der Waals surface area contributed by atoms with E-state index in [4.69, 9.17) is 0 Å². The Hall–Kier alpha value is -2.07. The maximum atomic E-state index is 2.38. The van der Waals surface area contributed by atoms with Crippen LogP contribution in [0.2, 0.25) is 0 Å². The molecule has 0 N–H and O–H groups in total. The summed E-state index contributed by atoms with van der Waals surface area (Å²) < 4.78 is 3.60. The molecule has 110 valence electrons. The Balaban J connectivity index is 2.06. The van der Waals surface area contributed by atoms with Crippen molar-refractivity contribution >= 4 is 65.9 Å². The lowest BCUT2D eigenvalue weighted by atomic mass is 9.99. The molecule has 0 bridgehead atoms. The third-order valence-electron chi connectivity index (χ3n) is 4.84. The highest BCUT2D eigenvalue weighted by molar-refractivity contribution is 14.1. The molecule has 2 heteroatoms. The van der Waals surface area contributed by atoms with E-state index >= 15 is 0 Å². The van der Waals surface area contributed by atoms with Gasteiger partial charge in [0.2, 0.25) is 0 Å². The highest BCUT2D eigenvalue weighted by atomic mass is 127. The Morgan fingerprint density at radius 2 is 1.39 bits per heavy atom. The fourth-order valence-electron chi connectivity index (χ4n) is 3.79. The summed E-state index contributed by atoms with van der Waals surface area (Å²) in [5.41, 5.74) is 2.61. The molecule has 4 aromatic carbocycles. The first kappa shape index (κ1) is 13.4. The molecule has 0 unspecified atom stereocenters. The summed E-state index contributed by atoms with van der Waals surface area (Å²) in [6.07, 6.45) is 0. The highest BCUT2D eigenvalue weighted by Gasteiger charge is 2.12. The molecule has 0 aliphatic rings. The number of nitrogens with zero attached hydrogens (tertiary/aromatic N) is 1. The normalized spacial score (nSPS) is 11.9. The van der Waals surface area contributed by atoms with Crippen molar-refractivity contribution in [2.75, 3.05) is 0 Å². The van der Waals surface area contributed by atoms with Crippen LogP contribution in [0, 0.1) is 3.57 Å². The molecule has 0 amide bonds. The number of fused-ring (bicyclic) bond motifs is 7. The van der Waals surface area contributed by atoms with Gasteiger partial charge in [-0.15, -0.1) is 0 Å². The van der Waals surface area contributed by atoms with Crippen molar-refractivity contribution in [3.8, 4) is 0 Å². The molecule has 23 heavy (non-hydrogen) atoms. The van der Waals surface area contributed by atoms with Gasteiger partial charge in [0, 0.05) is 32.3 Å². The van der Waals surface area contributed by atoms with Crippen molar-refractivity contribution in [1.29, 1.82) is 0 Å². The van der Waals surface area contributed by atoms with Crippen molar-refractivity contribution in [3.63, 3.8) is 0 Å². The van der Waals surface area contributed by atoms with E-state index < -0.39 is 0 Å². The van der Waals surface area contributed by atoms with E-state index in [0.717, 1.165) is 0 Å². The lowest BCUT2D eigenvalue weighted by Gasteiger charge is -2.07. The van der Waals surface area contributed by atoms with Crippen LogP contribution in [0.5, 0.6) is 0 Å². The van der Waals surface area contributed by atoms with E-state index in [1.807, 2.05) is 0 Å². The van der Waals surface area contributed by atoms with Gasteiger partial charge in [0.25, 0.3) is 0 Å². The number of aryl methyl sites for hydroxylation is 1. The fourth-order valence-corrected chi connectivity index (χ4v) is 4.31. The molecule has 1 heterocycles. The molecule has 0 aliphatic carbocycles. The van der Waals surface area contributed by atoms with Gasteiger partial charge < -0.3 is 4.57 Å². The molecule has 5 rings (SSSR count). The Labute approximate surface area is 147 Å². The Morgan fingerprint density at radius 1 is 0.696 bits per heavy atom. The van der Waals surface area contributed by atoms with Gasteiger partial charge in [-0.2, -0.15) is 0 Å². The summed E-state index contributed by atoms with van der Waals surface area (Å²) in [6, 6.07) is 24.4. The zero-order chi connectivity index (χ0) is 15.6. The third kappa shape index (κ3) is 1.78. The van der Waals surface area contributed by atoms with Crippen LogP contribution < -0.4 is 0 Å². The first-order valence-electron chi connectivity index (χ1n) is 7.72. The van der Waals surface area contributed by atoms with Crippen LogP contribution in [-0.4, -0.2) is 4.57 Å². The van der Waals surface area contributed by atoms with Gasteiger partial charge in [0.1, 0.15) is 0 Å². The van der Waals surface area contributed by atoms with E-state index in [2.05, 4.69) is 101 Å². The van der Waals surface area contributed by atoms with Gasteiger partial charge in [-0.05, 0) is 56.9 Å². The number of hydrogen-bond donors (Lipinski definition) is 0. The van der Waals surface area contributed by atoms with Crippen LogP contribution in [0.25, 0.3) is 43.4 Å². The molecule has 1 aromatic heterocycles. The van der Waals surface area contributed by atoms with Crippen LogP contribution in [0.15, 0.2) is 66.7 Å². The fraction of sp³-hybridized carbons (Fsp3) is 0.0476. The smallest absolute Gasteiger partial charge is 0.0568 e. The van der Waals surface area contributed by atoms with Gasteiger partial charge in [0.05, 0.1) is 5.52 Å². The van der Waals surface area contributed by atoms with Crippen LogP contribution in [0.4, 0.5) is 0 Å². The lowest BCUT2D eigenvalue weighted by Crippen LogP contribution is -1.88. The summed E-state index contributed by atoms with van der Waals surface area (Å²) >= 11 is 2.38. The van der Waals surface area contributed by atoms with E-state index in [1.165, 1.54) is 46.9 Å². The molecule has 0 saturated carbocycles. The van der Waals surface area contributed by atoms with E-state index in [1.54, 1.807) is 0 Å². The first-order chi connectivity index (χ1) is 11.2. The molecule has 0 fully saturated rings. The Bertz CT molecular complexity index is 1230. The quantitative estimate of drug-likeness (QED) is 0.212. The van der Waals surface area contributed by atoms with Gasteiger partial charge >= 0.3 is 0 Å². The first-order valence-corrected chi connectivity index (χ1v) is 8.80. The van der Waals surface area contributed by atoms with Gasteiger partial charge in [-0.3, -0.25) is 0 Å². The van der Waals surface area contributed by atoms with Crippen molar-refractivity contribution in [2.45, 2.75) is 0 Å². The minimum absolute atomic E-state index is 1.28. The SMILES string of the molecule is Cn1c2ccccc2c2ccc3c4ccc(I)cc4ccc3c21. The topological polar surface area (TPSA) is 4.93 Å². The monoisotopic (exact) mass is 407 g/mol. The second-order valence-electron chi connectivity index (χ2n) is 6.06. The third-order valence-corrected chi connectivity index (χ3v) is 5.51. The number of rotatable bonds is 0.